The molecule has 0 atom stereocenters. The van der Waals surface area contributed by atoms with Gasteiger partial charge >= 0.3 is 6.18 Å². The first-order chi connectivity index (χ1) is 11.8. The van der Waals surface area contributed by atoms with Crippen molar-refractivity contribution in [2.24, 2.45) is 5.92 Å². The normalized spacial score (nSPS) is 15.7. The highest BCUT2D eigenvalue weighted by Gasteiger charge is 2.31. The molecule has 8 heteroatoms. The minimum Gasteiger partial charge on any atom is -0.325 e. The number of amides is 2. The van der Waals surface area contributed by atoms with Gasteiger partial charge in [-0.1, -0.05) is 0 Å². The molecule has 2 rings (SSSR count). The Morgan fingerprint density at radius 3 is 2.44 bits per heavy atom. The van der Waals surface area contributed by atoms with E-state index < -0.39 is 17.6 Å². The molecule has 5 nitrogen and oxygen atoms in total. The summed E-state index contributed by atoms with van der Waals surface area (Å²) in [5.41, 5.74) is -0.772. The molecule has 1 heterocycles. The summed E-state index contributed by atoms with van der Waals surface area (Å²) in [6.45, 7) is 3.10. The number of carbonyl (C=O) groups is 2. The fourth-order valence-corrected chi connectivity index (χ4v) is 2.84. The van der Waals surface area contributed by atoms with Crippen LogP contribution in [-0.2, 0) is 15.8 Å². The zero-order chi connectivity index (χ0) is 18.4. The lowest BCUT2D eigenvalue weighted by Crippen LogP contribution is -2.28. The molecule has 0 aliphatic carbocycles. The Kier molecular flexibility index (Phi) is 6.41. The van der Waals surface area contributed by atoms with Gasteiger partial charge in [0.2, 0.25) is 11.8 Å². The summed E-state index contributed by atoms with van der Waals surface area (Å²) in [4.78, 5) is 23.3. The van der Waals surface area contributed by atoms with Gasteiger partial charge in [0, 0.05) is 13.3 Å². The molecule has 0 unspecified atom stereocenters. The van der Waals surface area contributed by atoms with E-state index in [1.165, 1.54) is 6.92 Å². The molecule has 1 aliphatic heterocycles. The van der Waals surface area contributed by atoms with Crippen LogP contribution in [0, 0.1) is 5.92 Å². The van der Waals surface area contributed by atoms with E-state index in [-0.39, 0.29) is 23.7 Å². The summed E-state index contributed by atoms with van der Waals surface area (Å²) in [6.07, 6.45) is -1.60. The number of benzene rings is 1. The highest BCUT2D eigenvalue weighted by atomic mass is 19.4. The summed E-state index contributed by atoms with van der Waals surface area (Å²) in [7, 11) is 0. The molecule has 1 aromatic rings. The van der Waals surface area contributed by atoms with Gasteiger partial charge in [-0.25, -0.2) is 0 Å². The molecule has 1 aliphatic rings. The summed E-state index contributed by atoms with van der Waals surface area (Å²) < 4.78 is 38.7. The molecular weight excluding hydrogens is 335 g/mol. The zero-order valence-corrected chi connectivity index (χ0v) is 14.0. The molecule has 0 aromatic heterocycles. The first-order valence-corrected chi connectivity index (χ1v) is 8.25. The van der Waals surface area contributed by atoms with E-state index in [0.717, 1.165) is 44.1 Å². The van der Waals surface area contributed by atoms with Crippen molar-refractivity contribution in [2.45, 2.75) is 38.8 Å². The van der Waals surface area contributed by atoms with E-state index in [4.69, 9.17) is 0 Å². The van der Waals surface area contributed by atoms with Gasteiger partial charge in [-0.2, -0.15) is 13.2 Å². The molecule has 0 radical (unpaired) electrons. The molecule has 3 N–H and O–H groups in total. The van der Waals surface area contributed by atoms with Crippen molar-refractivity contribution >= 4 is 23.2 Å². The Bertz CT molecular complexity index is 626. The Morgan fingerprint density at radius 1 is 1.16 bits per heavy atom. The second-order valence-corrected chi connectivity index (χ2v) is 6.22. The molecule has 1 aromatic carbocycles. The smallest absolute Gasteiger partial charge is 0.325 e. The van der Waals surface area contributed by atoms with Crippen LogP contribution in [0.2, 0.25) is 0 Å². The van der Waals surface area contributed by atoms with Gasteiger partial charge in [0.05, 0.1) is 16.9 Å². The maximum Gasteiger partial charge on any atom is 0.416 e. The molecule has 0 spiro atoms. The zero-order valence-electron chi connectivity index (χ0n) is 14.0. The molecular formula is C17H22F3N3O2. The lowest BCUT2D eigenvalue weighted by atomic mass is 9.93. The molecule has 0 saturated carbocycles. The summed E-state index contributed by atoms with van der Waals surface area (Å²) >= 11 is 0. The first kappa shape index (κ1) is 19.2. The predicted molar refractivity (Wildman–Crippen MR) is 89.2 cm³/mol. The Hall–Kier alpha value is -2.09. The fourth-order valence-electron chi connectivity index (χ4n) is 2.84. The van der Waals surface area contributed by atoms with Crippen LogP contribution < -0.4 is 16.0 Å². The number of rotatable bonds is 5. The summed E-state index contributed by atoms with van der Waals surface area (Å²) in [5, 5.41) is 8.17. The second kappa shape index (κ2) is 8.33. The van der Waals surface area contributed by atoms with Crippen LogP contribution in [-0.4, -0.2) is 24.9 Å². The highest BCUT2D eigenvalue weighted by Crippen LogP contribution is 2.34. The quantitative estimate of drug-likeness (QED) is 0.757. The van der Waals surface area contributed by atoms with Gasteiger partial charge < -0.3 is 16.0 Å². The number of anilines is 2. The molecule has 0 bridgehead atoms. The number of halogens is 3. The van der Waals surface area contributed by atoms with Crippen LogP contribution in [0.25, 0.3) is 0 Å². The van der Waals surface area contributed by atoms with Crippen molar-refractivity contribution in [3.8, 4) is 0 Å². The Labute approximate surface area is 144 Å². The van der Waals surface area contributed by atoms with Crippen molar-refractivity contribution < 1.29 is 22.8 Å². The predicted octanol–water partition coefficient (Wildman–Crippen LogP) is 3.38. The monoisotopic (exact) mass is 357 g/mol. The fraction of sp³-hybridized carbons (Fsp3) is 0.529. The number of carbonyl (C=O) groups excluding carboxylic acids is 2. The lowest BCUT2D eigenvalue weighted by Gasteiger charge is -2.22. The van der Waals surface area contributed by atoms with Gasteiger partial charge in [-0.3, -0.25) is 9.59 Å². The third kappa shape index (κ3) is 6.04. The van der Waals surface area contributed by atoms with Crippen LogP contribution in [0.1, 0.15) is 38.2 Å². The summed E-state index contributed by atoms with van der Waals surface area (Å²) in [6, 6.07) is 2.86. The van der Waals surface area contributed by atoms with Crippen LogP contribution >= 0.6 is 0 Å². The molecule has 25 heavy (non-hydrogen) atoms. The van der Waals surface area contributed by atoms with Gasteiger partial charge in [0.15, 0.2) is 0 Å². The van der Waals surface area contributed by atoms with E-state index in [1.54, 1.807) is 0 Å². The van der Waals surface area contributed by atoms with E-state index in [2.05, 4.69) is 16.0 Å². The van der Waals surface area contributed by atoms with Gasteiger partial charge in [0.25, 0.3) is 0 Å². The van der Waals surface area contributed by atoms with Crippen molar-refractivity contribution in [3.05, 3.63) is 23.8 Å². The van der Waals surface area contributed by atoms with Crippen LogP contribution in [0.15, 0.2) is 18.2 Å². The van der Waals surface area contributed by atoms with Crippen LogP contribution in [0.3, 0.4) is 0 Å². The molecule has 138 valence electrons. The molecule has 1 saturated heterocycles. The standard InChI is InChI=1S/C17H22F3N3O2/c1-11(24)22-14-4-3-13(17(18,19)20)10-15(14)23-16(25)5-2-12-6-8-21-9-7-12/h3-4,10,12,21H,2,5-9H2,1H3,(H,22,24)(H,23,25). The average Bonchev–Trinajstić information content (AvgIpc) is 2.54. The Morgan fingerprint density at radius 2 is 1.84 bits per heavy atom. The number of hydrogen-bond acceptors (Lipinski definition) is 3. The SMILES string of the molecule is CC(=O)Nc1ccc(C(F)(F)F)cc1NC(=O)CCC1CCNCC1. The largest absolute Gasteiger partial charge is 0.416 e. The average molecular weight is 357 g/mol. The van der Waals surface area contributed by atoms with Gasteiger partial charge in [-0.05, 0) is 56.5 Å². The van der Waals surface area contributed by atoms with E-state index in [9.17, 15) is 22.8 Å². The lowest BCUT2D eigenvalue weighted by molar-refractivity contribution is -0.137. The van der Waals surface area contributed by atoms with Crippen LogP contribution in [0.4, 0.5) is 24.5 Å². The third-order valence-electron chi connectivity index (χ3n) is 4.17. The maximum absolute atomic E-state index is 12.9. The third-order valence-corrected chi connectivity index (χ3v) is 4.17. The summed E-state index contributed by atoms with van der Waals surface area (Å²) in [5.74, 6) is -0.335. The molecule has 2 amide bonds. The second-order valence-electron chi connectivity index (χ2n) is 6.22. The van der Waals surface area contributed by atoms with Crippen molar-refractivity contribution in [1.29, 1.82) is 0 Å². The van der Waals surface area contributed by atoms with E-state index in [0.29, 0.717) is 12.3 Å². The van der Waals surface area contributed by atoms with E-state index in [1.807, 2.05) is 0 Å². The number of hydrogen-bond donors (Lipinski definition) is 3. The molecule has 1 fully saturated rings. The highest BCUT2D eigenvalue weighted by molar-refractivity contribution is 5.99. The first-order valence-electron chi connectivity index (χ1n) is 8.25. The maximum atomic E-state index is 12.9. The topological polar surface area (TPSA) is 70.2 Å². The van der Waals surface area contributed by atoms with Gasteiger partial charge in [-0.15, -0.1) is 0 Å². The van der Waals surface area contributed by atoms with Crippen molar-refractivity contribution in [1.82, 2.24) is 5.32 Å². The van der Waals surface area contributed by atoms with Gasteiger partial charge in [0.1, 0.15) is 0 Å². The van der Waals surface area contributed by atoms with Crippen molar-refractivity contribution in [3.63, 3.8) is 0 Å². The Balaban J connectivity index is 2.06. The minimum absolute atomic E-state index is 0.0414. The number of piperidine rings is 1. The number of nitrogens with one attached hydrogen (secondary N) is 3. The minimum atomic E-state index is -4.52. The van der Waals surface area contributed by atoms with Crippen molar-refractivity contribution in [2.75, 3.05) is 23.7 Å². The van der Waals surface area contributed by atoms with Crippen LogP contribution in [0.5, 0.6) is 0 Å². The number of alkyl halides is 3. The van der Waals surface area contributed by atoms with E-state index >= 15 is 0 Å².